The molecule has 112 valence electrons. The molecular weight excluding hydrogens is 362 g/mol. The van der Waals surface area contributed by atoms with E-state index in [1.165, 1.54) is 0 Å². The SMILES string of the molecule is O=C(O)CN1C(=O)/C(=C/c2csc3ccc(Cl)cc23)SC1=S. The van der Waals surface area contributed by atoms with Crippen LogP contribution in [0.3, 0.4) is 0 Å². The van der Waals surface area contributed by atoms with Crippen molar-refractivity contribution in [3.63, 3.8) is 0 Å². The number of thioether (sulfide) groups is 1. The van der Waals surface area contributed by atoms with Crippen LogP contribution in [0.15, 0.2) is 28.5 Å². The molecule has 2 aromatic rings. The second kappa shape index (κ2) is 6.00. The van der Waals surface area contributed by atoms with Gasteiger partial charge >= 0.3 is 5.97 Å². The van der Waals surface area contributed by atoms with Gasteiger partial charge in [-0.25, -0.2) is 0 Å². The van der Waals surface area contributed by atoms with Gasteiger partial charge in [0.2, 0.25) is 0 Å². The van der Waals surface area contributed by atoms with Crippen LogP contribution in [0.5, 0.6) is 0 Å². The van der Waals surface area contributed by atoms with Crippen molar-refractivity contribution in [2.45, 2.75) is 0 Å². The highest BCUT2D eigenvalue weighted by Gasteiger charge is 2.33. The van der Waals surface area contributed by atoms with Crippen LogP contribution in [0.4, 0.5) is 0 Å². The van der Waals surface area contributed by atoms with Gasteiger partial charge < -0.3 is 5.11 Å². The lowest BCUT2D eigenvalue weighted by Crippen LogP contribution is -2.33. The molecule has 1 aliphatic heterocycles. The first-order valence-corrected chi connectivity index (χ1v) is 8.58. The van der Waals surface area contributed by atoms with E-state index in [0.29, 0.717) is 9.93 Å². The predicted molar refractivity (Wildman–Crippen MR) is 94.3 cm³/mol. The van der Waals surface area contributed by atoms with Gasteiger partial charge in [-0.3, -0.25) is 14.5 Å². The first-order valence-electron chi connectivity index (χ1n) is 6.09. The van der Waals surface area contributed by atoms with Crippen LogP contribution in [0.1, 0.15) is 5.56 Å². The number of carbonyl (C=O) groups is 2. The molecule has 0 atom stereocenters. The number of rotatable bonds is 3. The maximum atomic E-state index is 12.2. The lowest BCUT2D eigenvalue weighted by molar-refractivity contribution is -0.140. The van der Waals surface area contributed by atoms with E-state index in [4.69, 9.17) is 28.9 Å². The summed E-state index contributed by atoms with van der Waals surface area (Å²) in [6, 6.07) is 5.59. The monoisotopic (exact) mass is 369 g/mol. The summed E-state index contributed by atoms with van der Waals surface area (Å²) >= 11 is 13.8. The molecule has 0 bridgehead atoms. The van der Waals surface area contributed by atoms with Crippen LogP contribution in [-0.4, -0.2) is 32.7 Å². The molecule has 1 N–H and O–H groups in total. The van der Waals surface area contributed by atoms with E-state index in [-0.39, 0.29) is 10.2 Å². The topological polar surface area (TPSA) is 57.6 Å². The zero-order valence-corrected chi connectivity index (χ0v) is 14.1. The Morgan fingerprint density at radius 2 is 2.23 bits per heavy atom. The summed E-state index contributed by atoms with van der Waals surface area (Å²) in [5, 5.41) is 12.3. The molecule has 3 rings (SSSR count). The molecule has 0 saturated carbocycles. The molecule has 1 aromatic carbocycles. The zero-order valence-electron chi connectivity index (χ0n) is 10.9. The number of thiophene rings is 1. The Bertz CT molecular complexity index is 843. The van der Waals surface area contributed by atoms with Crippen LogP contribution in [-0.2, 0) is 9.59 Å². The largest absolute Gasteiger partial charge is 0.480 e. The summed E-state index contributed by atoms with van der Waals surface area (Å²) in [5.41, 5.74) is 0.873. The Balaban J connectivity index is 1.98. The van der Waals surface area contributed by atoms with Crippen molar-refractivity contribution in [2.24, 2.45) is 0 Å². The quantitative estimate of drug-likeness (QED) is 0.658. The number of fused-ring (bicyclic) bond motifs is 1. The maximum Gasteiger partial charge on any atom is 0.323 e. The fourth-order valence-corrected chi connectivity index (χ4v) is 4.36. The van der Waals surface area contributed by atoms with Crippen LogP contribution in [0, 0.1) is 0 Å². The summed E-state index contributed by atoms with van der Waals surface area (Å²) in [7, 11) is 0. The smallest absolute Gasteiger partial charge is 0.323 e. The van der Waals surface area contributed by atoms with Crippen LogP contribution < -0.4 is 0 Å². The second-order valence-corrected chi connectivity index (χ2v) is 7.52. The van der Waals surface area contributed by atoms with Gasteiger partial charge in [-0.15, -0.1) is 11.3 Å². The number of nitrogens with zero attached hydrogens (tertiary/aromatic N) is 1. The minimum absolute atomic E-state index is 0.260. The summed E-state index contributed by atoms with van der Waals surface area (Å²) in [4.78, 5) is 24.5. The van der Waals surface area contributed by atoms with Crippen molar-refractivity contribution in [1.82, 2.24) is 4.90 Å². The van der Waals surface area contributed by atoms with Crippen LogP contribution in [0.2, 0.25) is 5.02 Å². The molecule has 0 unspecified atom stereocenters. The summed E-state index contributed by atoms with van der Waals surface area (Å²) in [6.45, 7) is -0.418. The highest BCUT2D eigenvalue weighted by atomic mass is 35.5. The third kappa shape index (κ3) is 2.89. The molecule has 0 radical (unpaired) electrons. The molecule has 1 fully saturated rings. The van der Waals surface area contributed by atoms with Crippen LogP contribution >= 0.6 is 46.9 Å². The number of thiocarbonyl (C=S) groups is 1. The number of aliphatic carboxylic acids is 1. The lowest BCUT2D eigenvalue weighted by atomic mass is 10.1. The van der Waals surface area contributed by atoms with Crippen molar-refractivity contribution in [1.29, 1.82) is 0 Å². The number of hydrogen-bond acceptors (Lipinski definition) is 5. The van der Waals surface area contributed by atoms with E-state index in [1.807, 2.05) is 23.6 Å². The Kier molecular flexibility index (Phi) is 4.22. The molecule has 4 nitrogen and oxygen atoms in total. The summed E-state index contributed by atoms with van der Waals surface area (Å²) in [6.07, 6.45) is 1.73. The van der Waals surface area contributed by atoms with Gasteiger partial charge in [-0.2, -0.15) is 0 Å². The molecule has 22 heavy (non-hydrogen) atoms. The number of carboxylic acids is 1. The third-order valence-corrected chi connectivity index (χ3v) is 5.61. The maximum absolute atomic E-state index is 12.2. The fourth-order valence-electron chi connectivity index (χ4n) is 2.05. The predicted octanol–water partition coefficient (Wildman–Crippen LogP) is 3.84. The zero-order chi connectivity index (χ0) is 15.9. The van der Waals surface area contributed by atoms with Crippen LogP contribution in [0.25, 0.3) is 16.2 Å². The second-order valence-electron chi connectivity index (χ2n) is 4.49. The van der Waals surface area contributed by atoms with E-state index >= 15 is 0 Å². The molecular formula is C14H8ClNO3S3. The van der Waals surface area contributed by atoms with Crippen molar-refractivity contribution in [3.8, 4) is 0 Å². The van der Waals surface area contributed by atoms with Crippen molar-refractivity contribution in [2.75, 3.05) is 6.54 Å². The molecule has 0 spiro atoms. The van der Waals surface area contributed by atoms with Gasteiger partial charge in [0.15, 0.2) is 0 Å². The molecule has 1 aromatic heterocycles. The van der Waals surface area contributed by atoms with E-state index in [1.54, 1.807) is 17.4 Å². The number of benzene rings is 1. The molecule has 1 amide bonds. The number of amides is 1. The molecule has 8 heteroatoms. The van der Waals surface area contributed by atoms with Gasteiger partial charge in [0.05, 0.1) is 4.91 Å². The minimum atomic E-state index is -1.09. The summed E-state index contributed by atoms with van der Waals surface area (Å²) in [5.74, 6) is -1.47. The highest BCUT2D eigenvalue weighted by molar-refractivity contribution is 8.26. The normalized spacial score (nSPS) is 17.0. The van der Waals surface area contributed by atoms with Gasteiger partial charge in [-0.1, -0.05) is 35.6 Å². The average Bonchev–Trinajstić information content (AvgIpc) is 2.95. The Morgan fingerprint density at radius 3 is 2.95 bits per heavy atom. The van der Waals surface area contributed by atoms with Crippen molar-refractivity contribution < 1.29 is 14.7 Å². The standard InChI is InChI=1S/C14H8ClNO3S3/c15-8-1-2-10-9(4-8)7(6-21-10)3-11-13(19)16(5-12(17)18)14(20)22-11/h1-4,6H,5H2,(H,17,18)/b11-3-. The molecule has 2 heterocycles. The molecule has 1 aliphatic rings. The van der Waals surface area contributed by atoms with E-state index < -0.39 is 12.5 Å². The van der Waals surface area contributed by atoms with Gasteiger partial charge in [-0.05, 0) is 35.2 Å². The van der Waals surface area contributed by atoms with Gasteiger partial charge in [0.25, 0.3) is 5.91 Å². The van der Waals surface area contributed by atoms with Gasteiger partial charge in [0.1, 0.15) is 10.9 Å². The fraction of sp³-hybridized carbons (Fsp3) is 0.0714. The van der Waals surface area contributed by atoms with E-state index in [9.17, 15) is 9.59 Å². The van der Waals surface area contributed by atoms with Crippen molar-refractivity contribution in [3.05, 3.63) is 39.1 Å². The number of hydrogen-bond donors (Lipinski definition) is 1. The molecule has 0 aliphatic carbocycles. The Hall–Kier alpha value is -1.41. The lowest BCUT2D eigenvalue weighted by Gasteiger charge is -2.10. The van der Waals surface area contributed by atoms with E-state index in [2.05, 4.69) is 0 Å². The van der Waals surface area contributed by atoms with Crippen molar-refractivity contribution >= 4 is 79.3 Å². The highest BCUT2D eigenvalue weighted by Crippen LogP contribution is 2.36. The number of carboxylic acid groups (broad SMARTS) is 1. The first-order chi connectivity index (χ1) is 10.5. The summed E-state index contributed by atoms with van der Waals surface area (Å²) < 4.78 is 1.33. The average molecular weight is 370 g/mol. The Labute approximate surface area is 144 Å². The third-order valence-electron chi connectivity index (χ3n) is 3.02. The number of carbonyl (C=O) groups excluding carboxylic acids is 1. The Morgan fingerprint density at radius 1 is 1.45 bits per heavy atom. The molecule has 1 saturated heterocycles. The number of halogens is 1. The van der Waals surface area contributed by atoms with Gasteiger partial charge in [0, 0.05) is 15.1 Å². The minimum Gasteiger partial charge on any atom is -0.480 e. The van der Waals surface area contributed by atoms with E-state index in [0.717, 1.165) is 32.3 Å². The first kappa shape index (κ1) is 15.5.